The van der Waals surface area contributed by atoms with Crippen LogP contribution in [0.5, 0.6) is 0 Å². The van der Waals surface area contributed by atoms with Gasteiger partial charge in [-0.25, -0.2) is 15.0 Å². The number of pyridine rings is 1. The number of rotatable bonds is 5. The number of hydrogen-bond acceptors (Lipinski definition) is 7. The predicted octanol–water partition coefficient (Wildman–Crippen LogP) is 4.75. The molecule has 5 heterocycles. The lowest BCUT2D eigenvalue weighted by Gasteiger charge is -2.34. The summed E-state index contributed by atoms with van der Waals surface area (Å²) >= 11 is 0. The zero-order chi connectivity index (χ0) is 24.8. The van der Waals surface area contributed by atoms with Gasteiger partial charge in [-0.2, -0.15) is 4.98 Å². The second-order valence-electron chi connectivity index (χ2n) is 9.81. The maximum absolute atomic E-state index is 4.74. The number of H-pyrrole nitrogens is 1. The molecule has 1 aliphatic heterocycles. The van der Waals surface area contributed by atoms with Gasteiger partial charge in [-0.05, 0) is 52.1 Å². The van der Waals surface area contributed by atoms with Crippen LogP contribution in [-0.4, -0.2) is 67.6 Å². The standard InChI is InChI=1S/C27H31N9/c1-17(2)36-18(3)31-26-24(36)12-19(14-28-26)22-15-29-25-23(22)16-30-27(33-25)32-20-6-5-7-21(13-20)35-10-8-34(4)9-11-35/h5-7,12-17H,8-11H2,1-4H3,(H2,29,30,32,33). The van der Waals surface area contributed by atoms with Crippen LogP contribution >= 0.6 is 0 Å². The number of imidazole rings is 1. The van der Waals surface area contributed by atoms with Gasteiger partial charge in [0.2, 0.25) is 5.95 Å². The Morgan fingerprint density at radius 2 is 1.83 bits per heavy atom. The van der Waals surface area contributed by atoms with E-state index in [0.29, 0.717) is 12.0 Å². The largest absolute Gasteiger partial charge is 0.369 e. The molecule has 9 nitrogen and oxygen atoms in total. The molecule has 2 N–H and O–H groups in total. The van der Waals surface area contributed by atoms with Crippen molar-refractivity contribution in [3.63, 3.8) is 0 Å². The van der Waals surface area contributed by atoms with Crippen LogP contribution in [0.4, 0.5) is 17.3 Å². The Kier molecular flexibility index (Phi) is 5.56. The minimum atomic E-state index is 0.307. The predicted molar refractivity (Wildman–Crippen MR) is 145 cm³/mol. The molecule has 1 fully saturated rings. The molecule has 1 aliphatic rings. The topological polar surface area (TPSA) is 90.8 Å². The van der Waals surface area contributed by atoms with Gasteiger partial charge < -0.3 is 24.7 Å². The molecule has 6 rings (SSSR count). The third-order valence-corrected chi connectivity index (χ3v) is 6.95. The zero-order valence-electron chi connectivity index (χ0n) is 21.2. The monoisotopic (exact) mass is 481 g/mol. The second kappa shape index (κ2) is 8.91. The minimum absolute atomic E-state index is 0.307. The van der Waals surface area contributed by atoms with E-state index in [0.717, 1.165) is 71.0 Å². The number of nitrogens with one attached hydrogen (secondary N) is 2. The number of piperazine rings is 1. The van der Waals surface area contributed by atoms with Crippen LogP contribution in [0, 0.1) is 6.92 Å². The fourth-order valence-corrected chi connectivity index (χ4v) is 5.07. The number of nitrogens with zero attached hydrogens (tertiary/aromatic N) is 7. The summed E-state index contributed by atoms with van der Waals surface area (Å²) in [4.78, 5) is 26.7. The first-order valence-corrected chi connectivity index (χ1v) is 12.5. The maximum Gasteiger partial charge on any atom is 0.229 e. The molecule has 0 aliphatic carbocycles. The first kappa shape index (κ1) is 22.5. The van der Waals surface area contributed by atoms with Gasteiger partial charge in [0, 0.05) is 78.7 Å². The summed E-state index contributed by atoms with van der Waals surface area (Å²) < 4.78 is 2.22. The molecule has 0 amide bonds. The highest BCUT2D eigenvalue weighted by molar-refractivity contribution is 5.95. The highest BCUT2D eigenvalue weighted by atomic mass is 15.2. The van der Waals surface area contributed by atoms with Crippen molar-refractivity contribution in [1.29, 1.82) is 0 Å². The van der Waals surface area contributed by atoms with E-state index in [4.69, 9.17) is 4.98 Å². The van der Waals surface area contributed by atoms with Crippen molar-refractivity contribution in [2.24, 2.45) is 0 Å². The molecular formula is C27H31N9. The van der Waals surface area contributed by atoms with E-state index in [1.54, 1.807) is 0 Å². The van der Waals surface area contributed by atoms with E-state index in [9.17, 15) is 0 Å². The molecule has 4 aromatic heterocycles. The van der Waals surface area contributed by atoms with Gasteiger partial charge in [0.25, 0.3) is 0 Å². The van der Waals surface area contributed by atoms with Crippen LogP contribution in [-0.2, 0) is 0 Å². The lowest BCUT2D eigenvalue weighted by Crippen LogP contribution is -2.44. The average Bonchev–Trinajstić information content (AvgIpc) is 3.44. The van der Waals surface area contributed by atoms with Crippen LogP contribution in [0.3, 0.4) is 0 Å². The Hall–Kier alpha value is -3.98. The second-order valence-corrected chi connectivity index (χ2v) is 9.81. The van der Waals surface area contributed by atoms with Crippen LogP contribution < -0.4 is 10.2 Å². The van der Waals surface area contributed by atoms with Crippen molar-refractivity contribution < 1.29 is 0 Å². The highest BCUT2D eigenvalue weighted by Crippen LogP contribution is 2.31. The first-order chi connectivity index (χ1) is 17.5. The van der Waals surface area contributed by atoms with Crippen LogP contribution in [0.25, 0.3) is 33.3 Å². The van der Waals surface area contributed by atoms with Crippen LogP contribution in [0.15, 0.2) is 48.9 Å². The molecule has 5 aromatic rings. The smallest absolute Gasteiger partial charge is 0.229 e. The van der Waals surface area contributed by atoms with Gasteiger partial charge in [-0.3, -0.25) is 0 Å². The van der Waals surface area contributed by atoms with Crippen molar-refractivity contribution in [1.82, 2.24) is 34.4 Å². The van der Waals surface area contributed by atoms with E-state index >= 15 is 0 Å². The lowest BCUT2D eigenvalue weighted by atomic mass is 10.1. The number of anilines is 3. The Morgan fingerprint density at radius 1 is 1.00 bits per heavy atom. The van der Waals surface area contributed by atoms with Gasteiger partial charge in [0.15, 0.2) is 5.65 Å². The number of aromatic nitrogens is 6. The van der Waals surface area contributed by atoms with Crippen molar-refractivity contribution in [3.8, 4) is 11.1 Å². The van der Waals surface area contributed by atoms with Gasteiger partial charge in [0.05, 0.1) is 5.52 Å². The molecular weight excluding hydrogens is 450 g/mol. The quantitative estimate of drug-likeness (QED) is 0.374. The zero-order valence-corrected chi connectivity index (χ0v) is 21.2. The number of likely N-dealkylation sites (N-methyl/N-ethyl adjacent to an activating group) is 1. The summed E-state index contributed by atoms with van der Waals surface area (Å²) in [5.74, 6) is 1.54. The molecule has 184 valence electrons. The highest BCUT2D eigenvalue weighted by Gasteiger charge is 2.16. The molecule has 0 spiro atoms. The van der Waals surface area contributed by atoms with E-state index in [1.165, 1.54) is 5.69 Å². The Labute approximate surface area is 210 Å². The fourth-order valence-electron chi connectivity index (χ4n) is 5.07. The van der Waals surface area contributed by atoms with Crippen LogP contribution in [0.1, 0.15) is 25.7 Å². The van der Waals surface area contributed by atoms with Crippen molar-refractivity contribution in [2.45, 2.75) is 26.8 Å². The number of hydrogen-bond donors (Lipinski definition) is 2. The lowest BCUT2D eigenvalue weighted by molar-refractivity contribution is 0.313. The van der Waals surface area contributed by atoms with Crippen LogP contribution in [0.2, 0.25) is 0 Å². The van der Waals surface area contributed by atoms with Crippen molar-refractivity contribution >= 4 is 39.5 Å². The molecule has 36 heavy (non-hydrogen) atoms. The summed E-state index contributed by atoms with van der Waals surface area (Å²) in [6.45, 7) is 10.6. The average molecular weight is 482 g/mol. The summed E-state index contributed by atoms with van der Waals surface area (Å²) in [5.41, 5.74) is 6.82. The van der Waals surface area contributed by atoms with E-state index in [2.05, 4.69) is 84.8 Å². The number of benzene rings is 1. The Morgan fingerprint density at radius 3 is 2.64 bits per heavy atom. The number of aromatic amines is 1. The molecule has 0 atom stereocenters. The molecule has 0 unspecified atom stereocenters. The van der Waals surface area contributed by atoms with E-state index in [1.807, 2.05) is 31.6 Å². The number of aryl methyl sites for hydroxylation is 1. The summed E-state index contributed by atoms with van der Waals surface area (Å²) in [5, 5.41) is 4.34. The van der Waals surface area contributed by atoms with Gasteiger partial charge in [0.1, 0.15) is 11.5 Å². The maximum atomic E-state index is 4.74. The summed E-state index contributed by atoms with van der Waals surface area (Å²) in [7, 11) is 2.17. The molecule has 0 radical (unpaired) electrons. The van der Waals surface area contributed by atoms with Gasteiger partial charge in [-0.15, -0.1) is 0 Å². The molecule has 1 aromatic carbocycles. The van der Waals surface area contributed by atoms with Gasteiger partial charge in [-0.1, -0.05) is 6.07 Å². The van der Waals surface area contributed by atoms with Gasteiger partial charge >= 0.3 is 0 Å². The SMILES string of the molecule is Cc1nc2ncc(-c3c[nH]c4nc(Nc5cccc(N6CCN(C)CC6)c5)ncc34)cc2n1C(C)C. The summed E-state index contributed by atoms with van der Waals surface area (Å²) in [6.07, 6.45) is 5.72. The minimum Gasteiger partial charge on any atom is -0.369 e. The normalized spacial score (nSPS) is 14.9. The first-order valence-electron chi connectivity index (χ1n) is 12.5. The third-order valence-electron chi connectivity index (χ3n) is 6.95. The fraction of sp³-hybridized carbons (Fsp3) is 0.333. The summed E-state index contributed by atoms with van der Waals surface area (Å²) in [6, 6.07) is 10.9. The van der Waals surface area contributed by atoms with E-state index in [-0.39, 0.29) is 0 Å². The van der Waals surface area contributed by atoms with Crippen molar-refractivity contribution in [2.75, 3.05) is 43.4 Å². The molecule has 9 heteroatoms. The Balaban J connectivity index is 1.27. The number of fused-ring (bicyclic) bond motifs is 2. The van der Waals surface area contributed by atoms with E-state index < -0.39 is 0 Å². The third kappa shape index (κ3) is 4.05. The molecule has 0 bridgehead atoms. The molecule has 0 saturated carbocycles. The molecule has 1 saturated heterocycles. The van der Waals surface area contributed by atoms with Crippen molar-refractivity contribution in [3.05, 3.63) is 54.7 Å². The Bertz CT molecular complexity index is 1540.